The van der Waals surface area contributed by atoms with Crippen molar-refractivity contribution in [2.24, 2.45) is 0 Å². The van der Waals surface area contributed by atoms with Crippen LogP contribution in [-0.2, 0) is 4.74 Å². The van der Waals surface area contributed by atoms with E-state index >= 15 is 0 Å². The van der Waals surface area contributed by atoms with Gasteiger partial charge in [0.05, 0.1) is 19.3 Å². The number of nitrogens with one attached hydrogen (secondary N) is 2. The van der Waals surface area contributed by atoms with Gasteiger partial charge in [0.2, 0.25) is 6.79 Å². The summed E-state index contributed by atoms with van der Waals surface area (Å²) in [5.41, 5.74) is 0.581. The predicted octanol–water partition coefficient (Wildman–Crippen LogP) is 2.33. The molecule has 0 radical (unpaired) electrons. The summed E-state index contributed by atoms with van der Waals surface area (Å²) in [7, 11) is 0. The standard InChI is InChI=1S/C21H24F3N5O4/c22-21(23,24)18-10-14(13-1-2-16-17(9-13)33-12-32-16)26-19-11-15(27-29(18)19)20(30)25-3-4-28-5-7-31-8-6-28/h1-2,9,11,14,18,26H,3-8,10,12H2,(H,25,30)/t14-,18+/m0/s1. The molecule has 1 aromatic carbocycles. The smallest absolute Gasteiger partial charge is 0.410 e. The molecule has 4 heterocycles. The molecule has 33 heavy (non-hydrogen) atoms. The van der Waals surface area contributed by atoms with Crippen LogP contribution in [0.5, 0.6) is 11.5 Å². The number of anilines is 1. The maximum absolute atomic E-state index is 13.9. The Labute approximate surface area is 187 Å². The van der Waals surface area contributed by atoms with Gasteiger partial charge >= 0.3 is 6.18 Å². The predicted molar refractivity (Wildman–Crippen MR) is 110 cm³/mol. The molecule has 3 aliphatic rings. The van der Waals surface area contributed by atoms with Crippen molar-refractivity contribution in [2.75, 3.05) is 51.5 Å². The Morgan fingerprint density at radius 2 is 1.97 bits per heavy atom. The number of morpholine rings is 1. The van der Waals surface area contributed by atoms with E-state index in [0.29, 0.717) is 43.4 Å². The Bertz CT molecular complexity index is 1020. The Balaban J connectivity index is 1.31. The number of nitrogens with zero attached hydrogens (tertiary/aromatic N) is 3. The van der Waals surface area contributed by atoms with Crippen molar-refractivity contribution in [3.8, 4) is 11.5 Å². The number of fused-ring (bicyclic) bond motifs is 2. The molecule has 0 bridgehead atoms. The summed E-state index contributed by atoms with van der Waals surface area (Å²) in [6.07, 6.45) is -4.79. The Kier molecular flexibility index (Phi) is 5.79. The number of amides is 1. The lowest BCUT2D eigenvalue weighted by molar-refractivity contribution is -0.173. The second-order valence-electron chi connectivity index (χ2n) is 8.17. The van der Waals surface area contributed by atoms with Crippen molar-refractivity contribution in [3.63, 3.8) is 0 Å². The topological polar surface area (TPSA) is 89.9 Å². The molecule has 1 aromatic heterocycles. The minimum absolute atomic E-state index is 0.0555. The summed E-state index contributed by atoms with van der Waals surface area (Å²) in [5, 5.41) is 9.83. The second-order valence-corrected chi connectivity index (χ2v) is 8.17. The summed E-state index contributed by atoms with van der Waals surface area (Å²) in [6.45, 7) is 3.96. The first-order chi connectivity index (χ1) is 15.9. The highest BCUT2D eigenvalue weighted by molar-refractivity contribution is 5.93. The number of carbonyl (C=O) groups is 1. The van der Waals surface area contributed by atoms with Crippen molar-refractivity contribution in [3.05, 3.63) is 35.5 Å². The lowest BCUT2D eigenvalue weighted by Gasteiger charge is -2.33. The molecular formula is C21H24F3N5O4. The third-order valence-electron chi connectivity index (χ3n) is 6.04. The van der Waals surface area contributed by atoms with Crippen LogP contribution in [0.4, 0.5) is 19.0 Å². The molecule has 2 atom stereocenters. The normalized spacial score (nSPS) is 22.5. The molecule has 3 aliphatic heterocycles. The molecule has 12 heteroatoms. The molecule has 1 saturated heterocycles. The number of hydrogen-bond donors (Lipinski definition) is 2. The zero-order valence-electron chi connectivity index (χ0n) is 17.7. The first-order valence-electron chi connectivity index (χ1n) is 10.8. The van der Waals surface area contributed by atoms with E-state index in [-0.39, 0.29) is 24.7 Å². The zero-order chi connectivity index (χ0) is 23.0. The summed E-state index contributed by atoms with van der Waals surface area (Å²) in [6, 6.07) is 3.94. The minimum Gasteiger partial charge on any atom is -0.454 e. The van der Waals surface area contributed by atoms with Crippen molar-refractivity contribution < 1.29 is 32.2 Å². The molecule has 1 fully saturated rings. The molecular weight excluding hydrogens is 443 g/mol. The SMILES string of the molecule is O=C(NCCN1CCOCC1)c1cc2n(n1)[C@@H](C(F)(F)F)C[C@@H](c1ccc3c(c1)OCO3)N2. The van der Waals surface area contributed by atoms with Gasteiger partial charge in [0.15, 0.2) is 23.2 Å². The van der Waals surface area contributed by atoms with E-state index in [1.165, 1.54) is 6.07 Å². The maximum Gasteiger partial charge on any atom is 0.410 e. The number of carbonyl (C=O) groups excluding carboxylic acids is 1. The van der Waals surface area contributed by atoms with Crippen LogP contribution in [0.15, 0.2) is 24.3 Å². The fourth-order valence-electron chi connectivity index (χ4n) is 4.28. The highest BCUT2D eigenvalue weighted by Gasteiger charge is 2.47. The summed E-state index contributed by atoms with van der Waals surface area (Å²) < 4.78 is 58.5. The van der Waals surface area contributed by atoms with Crippen LogP contribution >= 0.6 is 0 Å². The maximum atomic E-state index is 13.9. The van der Waals surface area contributed by atoms with E-state index in [1.54, 1.807) is 18.2 Å². The number of benzene rings is 1. The van der Waals surface area contributed by atoms with Gasteiger partial charge in [-0.05, 0) is 17.7 Å². The summed E-state index contributed by atoms with van der Waals surface area (Å²) >= 11 is 0. The summed E-state index contributed by atoms with van der Waals surface area (Å²) in [5.74, 6) is 0.692. The molecule has 0 spiro atoms. The molecule has 2 aromatic rings. The molecule has 0 saturated carbocycles. The lowest BCUT2D eigenvalue weighted by atomic mass is 9.96. The summed E-state index contributed by atoms with van der Waals surface area (Å²) in [4.78, 5) is 14.7. The van der Waals surface area contributed by atoms with E-state index in [2.05, 4.69) is 20.6 Å². The van der Waals surface area contributed by atoms with Crippen LogP contribution in [0.25, 0.3) is 0 Å². The van der Waals surface area contributed by atoms with Crippen molar-refractivity contribution in [2.45, 2.75) is 24.7 Å². The highest BCUT2D eigenvalue weighted by atomic mass is 19.4. The van der Waals surface area contributed by atoms with E-state index in [1.807, 2.05) is 0 Å². The van der Waals surface area contributed by atoms with Gasteiger partial charge in [-0.3, -0.25) is 9.69 Å². The van der Waals surface area contributed by atoms with Crippen LogP contribution in [0, 0.1) is 0 Å². The van der Waals surface area contributed by atoms with Crippen molar-refractivity contribution in [1.82, 2.24) is 20.0 Å². The van der Waals surface area contributed by atoms with E-state index in [4.69, 9.17) is 14.2 Å². The number of hydrogen-bond acceptors (Lipinski definition) is 7. The van der Waals surface area contributed by atoms with Crippen LogP contribution in [0.3, 0.4) is 0 Å². The van der Waals surface area contributed by atoms with Gasteiger partial charge in [0.1, 0.15) is 5.82 Å². The van der Waals surface area contributed by atoms with E-state index in [0.717, 1.165) is 17.8 Å². The molecule has 5 rings (SSSR count). The molecule has 0 aliphatic carbocycles. The van der Waals surface area contributed by atoms with Crippen molar-refractivity contribution in [1.29, 1.82) is 0 Å². The molecule has 178 valence electrons. The van der Waals surface area contributed by atoms with Gasteiger partial charge in [-0.2, -0.15) is 18.3 Å². The van der Waals surface area contributed by atoms with Gasteiger partial charge in [0, 0.05) is 38.7 Å². The van der Waals surface area contributed by atoms with Gasteiger partial charge in [-0.15, -0.1) is 0 Å². The first kappa shape index (κ1) is 21.8. The van der Waals surface area contributed by atoms with Crippen LogP contribution in [0.2, 0.25) is 0 Å². The van der Waals surface area contributed by atoms with Gasteiger partial charge in [0.25, 0.3) is 5.91 Å². The van der Waals surface area contributed by atoms with Crippen molar-refractivity contribution >= 4 is 11.7 Å². The molecule has 1 amide bonds. The molecule has 2 N–H and O–H groups in total. The van der Waals surface area contributed by atoms with Gasteiger partial charge in [-0.25, -0.2) is 4.68 Å². The average molecular weight is 467 g/mol. The third-order valence-corrected chi connectivity index (χ3v) is 6.04. The molecule has 9 nitrogen and oxygen atoms in total. The quantitative estimate of drug-likeness (QED) is 0.698. The largest absolute Gasteiger partial charge is 0.454 e. The third kappa shape index (κ3) is 4.58. The number of aromatic nitrogens is 2. The highest BCUT2D eigenvalue weighted by Crippen LogP contribution is 2.45. The van der Waals surface area contributed by atoms with Gasteiger partial charge in [-0.1, -0.05) is 6.07 Å². The number of alkyl halides is 3. The van der Waals surface area contributed by atoms with E-state index < -0.39 is 24.2 Å². The first-order valence-corrected chi connectivity index (χ1v) is 10.8. The second kappa shape index (κ2) is 8.75. The monoisotopic (exact) mass is 467 g/mol. The molecule has 0 unspecified atom stereocenters. The van der Waals surface area contributed by atoms with Crippen LogP contribution in [0.1, 0.15) is 34.6 Å². The Morgan fingerprint density at radius 3 is 2.76 bits per heavy atom. The fraction of sp³-hybridized carbons (Fsp3) is 0.524. The Hall–Kier alpha value is -2.99. The fourth-order valence-corrected chi connectivity index (χ4v) is 4.28. The average Bonchev–Trinajstić information content (AvgIpc) is 3.44. The zero-order valence-corrected chi connectivity index (χ0v) is 17.7. The van der Waals surface area contributed by atoms with E-state index in [9.17, 15) is 18.0 Å². The lowest BCUT2D eigenvalue weighted by Crippen LogP contribution is -2.41. The number of rotatable bonds is 5. The number of ether oxygens (including phenoxy) is 3. The minimum atomic E-state index is -4.53. The Morgan fingerprint density at radius 1 is 1.18 bits per heavy atom. The van der Waals surface area contributed by atoms with Crippen LogP contribution in [-0.4, -0.2) is 72.9 Å². The van der Waals surface area contributed by atoms with Gasteiger partial charge < -0.3 is 24.8 Å². The van der Waals surface area contributed by atoms with Crippen LogP contribution < -0.4 is 20.1 Å². The number of halogens is 3.